The van der Waals surface area contributed by atoms with Crippen LogP contribution in [-0.4, -0.2) is 54.9 Å². The van der Waals surface area contributed by atoms with Crippen LogP contribution in [0, 0.1) is 0 Å². The van der Waals surface area contributed by atoms with Crippen LogP contribution in [-0.2, 0) is 10.0 Å². The second-order valence-electron chi connectivity index (χ2n) is 7.23. The molecule has 0 radical (unpaired) electrons. The maximum absolute atomic E-state index is 13.0. The van der Waals surface area contributed by atoms with E-state index in [4.69, 9.17) is 9.47 Å². The number of hydrogen-bond acceptors (Lipinski definition) is 5. The topological polar surface area (TPSA) is 72.3 Å². The third-order valence-electron chi connectivity index (χ3n) is 5.14. The maximum Gasteiger partial charge on any atom is 0.262 e. The lowest BCUT2D eigenvalue weighted by Gasteiger charge is -2.33. The van der Waals surface area contributed by atoms with Crippen LogP contribution >= 0.6 is 0 Å². The van der Waals surface area contributed by atoms with Gasteiger partial charge in [0.25, 0.3) is 10.0 Å². The van der Waals surface area contributed by atoms with Gasteiger partial charge in [-0.15, -0.1) is 0 Å². The molecule has 150 valence electrons. The van der Waals surface area contributed by atoms with Gasteiger partial charge in [-0.2, -0.15) is 0 Å². The highest BCUT2D eigenvalue weighted by Crippen LogP contribution is 2.33. The number of quaternary nitrogens is 1. The monoisotopic (exact) mass is 404 g/mol. The first-order valence-electron chi connectivity index (χ1n) is 9.61. The highest BCUT2D eigenvalue weighted by molar-refractivity contribution is 7.92. The number of nitrogens with zero attached hydrogens (tertiary/aromatic N) is 1. The molecular formula is C20H26N3O4S+. The summed E-state index contributed by atoms with van der Waals surface area (Å²) in [4.78, 5) is 3.88. The summed E-state index contributed by atoms with van der Waals surface area (Å²) < 4.78 is 40.1. The van der Waals surface area contributed by atoms with Gasteiger partial charge in [0.15, 0.2) is 11.5 Å². The van der Waals surface area contributed by atoms with Crippen molar-refractivity contribution >= 4 is 21.4 Å². The molecule has 0 spiro atoms. The molecule has 2 aromatic rings. The van der Waals surface area contributed by atoms with Crippen molar-refractivity contribution < 1.29 is 22.8 Å². The summed E-state index contributed by atoms with van der Waals surface area (Å²) in [6.45, 7) is 4.94. The molecule has 28 heavy (non-hydrogen) atoms. The Morgan fingerprint density at radius 1 is 1.00 bits per heavy atom. The molecule has 0 atom stereocenters. The van der Waals surface area contributed by atoms with Crippen molar-refractivity contribution in [1.29, 1.82) is 0 Å². The lowest BCUT2D eigenvalue weighted by molar-refractivity contribution is -0.880. The van der Waals surface area contributed by atoms with E-state index in [1.807, 2.05) is 18.2 Å². The molecule has 2 aromatic carbocycles. The van der Waals surface area contributed by atoms with Gasteiger partial charge in [0.2, 0.25) is 0 Å². The van der Waals surface area contributed by atoms with E-state index in [-0.39, 0.29) is 4.90 Å². The number of rotatable bonds is 4. The Labute approximate surface area is 165 Å². The summed E-state index contributed by atoms with van der Waals surface area (Å²) in [5.41, 5.74) is 1.50. The van der Waals surface area contributed by atoms with Gasteiger partial charge in [0, 0.05) is 12.5 Å². The molecule has 0 aromatic heterocycles. The highest BCUT2D eigenvalue weighted by atomic mass is 32.2. The number of piperazine rings is 1. The van der Waals surface area contributed by atoms with E-state index in [0.29, 0.717) is 30.4 Å². The molecule has 2 heterocycles. The van der Waals surface area contributed by atoms with Crippen LogP contribution in [0.4, 0.5) is 11.4 Å². The van der Waals surface area contributed by atoms with Gasteiger partial charge in [-0.25, -0.2) is 8.42 Å². The number of benzene rings is 2. The average molecular weight is 405 g/mol. The number of anilines is 2. The van der Waals surface area contributed by atoms with Crippen LogP contribution in [0.1, 0.15) is 6.42 Å². The summed E-state index contributed by atoms with van der Waals surface area (Å²) in [7, 11) is -1.57. The first kappa shape index (κ1) is 18.9. The lowest BCUT2D eigenvalue weighted by atomic mass is 10.2. The quantitative estimate of drug-likeness (QED) is 0.795. The summed E-state index contributed by atoms with van der Waals surface area (Å²) in [5, 5.41) is 0. The number of ether oxygens (including phenoxy) is 2. The summed E-state index contributed by atoms with van der Waals surface area (Å²) in [6, 6.07) is 12.3. The predicted molar refractivity (Wildman–Crippen MR) is 108 cm³/mol. The fraction of sp³-hybridized carbons (Fsp3) is 0.400. The van der Waals surface area contributed by atoms with Gasteiger partial charge in [0.1, 0.15) is 0 Å². The largest absolute Gasteiger partial charge is 0.490 e. The SMILES string of the molecule is C[NH+]1CCN(c2ccccc2NS(=O)(=O)c2ccc3c(c2)OCCCO3)CC1. The third kappa shape index (κ3) is 4.02. The molecule has 0 saturated carbocycles. The van der Waals surface area contributed by atoms with Crippen LogP contribution in [0.3, 0.4) is 0 Å². The molecule has 0 unspecified atom stereocenters. The number of likely N-dealkylation sites (N-methyl/N-ethyl adjacent to an activating group) is 1. The molecule has 0 aliphatic carbocycles. The normalized spacial score (nSPS) is 17.8. The third-order valence-corrected chi connectivity index (χ3v) is 6.50. The Morgan fingerprint density at radius 3 is 2.50 bits per heavy atom. The van der Waals surface area contributed by atoms with Crippen molar-refractivity contribution in [3.05, 3.63) is 42.5 Å². The first-order valence-corrected chi connectivity index (χ1v) is 11.1. The van der Waals surface area contributed by atoms with Crippen LogP contribution in [0.2, 0.25) is 0 Å². The first-order chi connectivity index (χ1) is 13.5. The Kier molecular flexibility index (Phi) is 5.32. The van der Waals surface area contributed by atoms with Gasteiger partial charge in [-0.1, -0.05) is 12.1 Å². The second kappa shape index (κ2) is 7.89. The van der Waals surface area contributed by atoms with Gasteiger partial charge < -0.3 is 19.3 Å². The molecule has 1 fully saturated rings. The van der Waals surface area contributed by atoms with Crippen molar-refractivity contribution in [2.45, 2.75) is 11.3 Å². The zero-order chi connectivity index (χ0) is 19.6. The fourth-order valence-electron chi connectivity index (χ4n) is 3.48. The van der Waals surface area contributed by atoms with Gasteiger partial charge in [0.05, 0.1) is 62.7 Å². The van der Waals surface area contributed by atoms with Gasteiger partial charge in [-0.3, -0.25) is 4.72 Å². The van der Waals surface area contributed by atoms with Crippen molar-refractivity contribution in [2.24, 2.45) is 0 Å². The zero-order valence-corrected chi connectivity index (χ0v) is 16.8. The highest BCUT2D eigenvalue weighted by Gasteiger charge is 2.23. The molecule has 0 bridgehead atoms. The van der Waals surface area contributed by atoms with E-state index in [0.717, 1.165) is 38.3 Å². The number of nitrogens with one attached hydrogen (secondary N) is 2. The number of sulfonamides is 1. The van der Waals surface area contributed by atoms with Crippen molar-refractivity contribution in [3.63, 3.8) is 0 Å². The lowest BCUT2D eigenvalue weighted by Crippen LogP contribution is -3.12. The van der Waals surface area contributed by atoms with Crippen LogP contribution in [0.15, 0.2) is 47.4 Å². The second-order valence-corrected chi connectivity index (χ2v) is 8.91. The Hall–Kier alpha value is -2.45. The van der Waals surface area contributed by atoms with Crippen LogP contribution in [0.5, 0.6) is 11.5 Å². The van der Waals surface area contributed by atoms with Crippen molar-refractivity contribution in [2.75, 3.05) is 56.1 Å². The minimum absolute atomic E-state index is 0.161. The summed E-state index contributed by atoms with van der Waals surface area (Å²) in [6.07, 6.45) is 0.773. The smallest absolute Gasteiger partial charge is 0.262 e. The van der Waals surface area contributed by atoms with E-state index >= 15 is 0 Å². The maximum atomic E-state index is 13.0. The molecule has 2 aliphatic heterocycles. The average Bonchev–Trinajstić information content (AvgIpc) is 2.94. The van der Waals surface area contributed by atoms with Gasteiger partial charge >= 0.3 is 0 Å². The van der Waals surface area contributed by atoms with Crippen LogP contribution in [0.25, 0.3) is 0 Å². The minimum atomic E-state index is -3.75. The Balaban J connectivity index is 1.60. The number of fused-ring (bicyclic) bond motifs is 1. The van der Waals surface area contributed by atoms with E-state index in [1.54, 1.807) is 18.2 Å². The molecule has 1 saturated heterocycles. The molecule has 7 nitrogen and oxygen atoms in total. The summed E-state index contributed by atoms with van der Waals surface area (Å²) in [5.74, 6) is 1.05. The predicted octanol–water partition coefficient (Wildman–Crippen LogP) is 0.983. The van der Waals surface area contributed by atoms with E-state index in [1.165, 1.54) is 11.0 Å². The molecule has 0 amide bonds. The van der Waals surface area contributed by atoms with Gasteiger partial charge in [-0.05, 0) is 24.3 Å². The van der Waals surface area contributed by atoms with Crippen molar-refractivity contribution in [1.82, 2.24) is 0 Å². The van der Waals surface area contributed by atoms with E-state index < -0.39 is 10.0 Å². The molecule has 2 aliphatic rings. The van der Waals surface area contributed by atoms with E-state index in [2.05, 4.69) is 16.7 Å². The minimum Gasteiger partial charge on any atom is -0.490 e. The van der Waals surface area contributed by atoms with Crippen LogP contribution < -0.4 is 24.0 Å². The van der Waals surface area contributed by atoms with Crippen molar-refractivity contribution in [3.8, 4) is 11.5 Å². The van der Waals surface area contributed by atoms with E-state index in [9.17, 15) is 8.42 Å². The molecule has 2 N–H and O–H groups in total. The number of hydrogen-bond donors (Lipinski definition) is 2. The molecule has 4 rings (SSSR count). The molecule has 8 heteroatoms. The zero-order valence-electron chi connectivity index (χ0n) is 16.0. The fourth-order valence-corrected chi connectivity index (χ4v) is 4.57. The Morgan fingerprint density at radius 2 is 1.71 bits per heavy atom. The summed E-state index contributed by atoms with van der Waals surface area (Å²) >= 11 is 0. The number of para-hydroxylation sites is 2. The Bertz CT molecular complexity index is 940. The standard InChI is InChI=1S/C20H25N3O4S/c1-22-9-11-23(12-10-22)18-6-3-2-5-17(18)21-28(24,25)16-7-8-19-20(15-16)27-14-4-13-26-19/h2-3,5-8,15,21H,4,9-14H2,1H3/p+1. The molecular weight excluding hydrogens is 378 g/mol.